The van der Waals surface area contributed by atoms with E-state index in [4.69, 9.17) is 5.73 Å². The van der Waals surface area contributed by atoms with Gasteiger partial charge in [0.25, 0.3) is 0 Å². The van der Waals surface area contributed by atoms with Crippen molar-refractivity contribution in [3.8, 4) is 0 Å². The molecule has 5 N–H and O–H groups in total. The summed E-state index contributed by atoms with van der Waals surface area (Å²) in [5, 5.41) is 10.2. The lowest BCUT2D eigenvalue weighted by Gasteiger charge is -2.23. The van der Waals surface area contributed by atoms with Gasteiger partial charge in [0, 0.05) is 30.0 Å². The lowest BCUT2D eigenvalue weighted by Crippen LogP contribution is -2.38. The van der Waals surface area contributed by atoms with Crippen LogP contribution >= 0.6 is 0 Å². The van der Waals surface area contributed by atoms with Gasteiger partial charge in [-0.25, -0.2) is 0 Å². The van der Waals surface area contributed by atoms with Gasteiger partial charge in [-0.2, -0.15) is 0 Å². The van der Waals surface area contributed by atoms with Crippen LogP contribution < -0.4 is 21.7 Å². The van der Waals surface area contributed by atoms with Crippen LogP contribution in [-0.2, 0) is 0 Å². The number of hydrogen-bond donors (Lipinski definition) is 4. The minimum atomic E-state index is 0.0298. The molecule has 0 aromatic rings. The fraction of sp³-hybridized carbons (Fsp3) is 0.700. The summed E-state index contributed by atoms with van der Waals surface area (Å²) in [5.41, 5.74) is 8.32. The van der Waals surface area contributed by atoms with E-state index in [9.17, 15) is 0 Å². The van der Waals surface area contributed by atoms with Gasteiger partial charge in [0.05, 0.1) is 0 Å². The fourth-order valence-electron chi connectivity index (χ4n) is 2.49. The summed E-state index contributed by atoms with van der Waals surface area (Å²) in [7, 11) is 0. The minimum Gasteiger partial charge on any atom is -0.389 e. The molecule has 0 rings (SSSR count). The molecule has 0 aliphatic heterocycles. The molecule has 0 aromatic carbocycles. The summed E-state index contributed by atoms with van der Waals surface area (Å²) in [6.07, 6.45) is 9.23. The maximum absolute atomic E-state index is 6.26. The van der Waals surface area contributed by atoms with Crippen LogP contribution in [0.5, 0.6) is 0 Å². The summed E-state index contributed by atoms with van der Waals surface area (Å²) in [5.74, 6) is 0. The highest BCUT2D eigenvalue weighted by atomic mass is 15.0. The van der Waals surface area contributed by atoms with E-state index in [0.29, 0.717) is 6.04 Å². The lowest BCUT2D eigenvalue weighted by molar-refractivity contribution is 0.467. The van der Waals surface area contributed by atoms with Crippen molar-refractivity contribution in [1.82, 2.24) is 16.0 Å². The number of nitrogens with one attached hydrogen (secondary N) is 3. The Kier molecular flexibility index (Phi) is 14.5. The molecule has 24 heavy (non-hydrogen) atoms. The molecule has 0 aromatic heterocycles. The Morgan fingerprint density at radius 1 is 1.12 bits per heavy atom. The molecule has 0 heterocycles. The molecule has 4 nitrogen and oxygen atoms in total. The first-order valence-corrected chi connectivity index (χ1v) is 9.49. The highest BCUT2D eigenvalue weighted by Gasteiger charge is 2.11. The first kappa shape index (κ1) is 22.7. The number of unbranched alkanes of at least 4 members (excludes halogenated alkanes) is 1. The topological polar surface area (TPSA) is 62.1 Å². The second-order valence-electron chi connectivity index (χ2n) is 6.38. The number of hydrogen-bond acceptors (Lipinski definition) is 4. The zero-order chi connectivity index (χ0) is 18.2. The van der Waals surface area contributed by atoms with Crippen molar-refractivity contribution in [2.75, 3.05) is 19.6 Å². The van der Waals surface area contributed by atoms with Crippen LogP contribution in [0, 0.1) is 0 Å². The summed E-state index contributed by atoms with van der Waals surface area (Å²) in [6, 6.07) is 0.486. The third-order valence-corrected chi connectivity index (χ3v) is 4.22. The van der Waals surface area contributed by atoms with Gasteiger partial charge in [0.1, 0.15) is 0 Å². The second-order valence-corrected chi connectivity index (χ2v) is 6.38. The van der Waals surface area contributed by atoms with Crippen molar-refractivity contribution >= 4 is 0 Å². The van der Waals surface area contributed by atoms with E-state index in [-0.39, 0.29) is 6.04 Å². The average molecular weight is 337 g/mol. The van der Waals surface area contributed by atoms with E-state index in [1.54, 1.807) is 0 Å². The van der Waals surface area contributed by atoms with Gasteiger partial charge in [-0.15, -0.1) is 6.58 Å². The maximum Gasteiger partial charge on any atom is 0.0438 e. The molecule has 0 saturated heterocycles. The van der Waals surface area contributed by atoms with Crippen LogP contribution in [0.15, 0.2) is 37.2 Å². The van der Waals surface area contributed by atoms with E-state index < -0.39 is 0 Å². The highest BCUT2D eigenvalue weighted by Crippen LogP contribution is 2.08. The van der Waals surface area contributed by atoms with Crippen molar-refractivity contribution in [2.24, 2.45) is 5.73 Å². The van der Waals surface area contributed by atoms with Gasteiger partial charge in [-0.3, -0.25) is 0 Å². The molecule has 0 saturated carbocycles. The lowest BCUT2D eigenvalue weighted by atomic mass is 10.1. The molecule has 0 aliphatic rings. The maximum atomic E-state index is 6.26. The van der Waals surface area contributed by atoms with Gasteiger partial charge < -0.3 is 21.7 Å². The van der Waals surface area contributed by atoms with Crippen LogP contribution in [0.1, 0.15) is 58.8 Å². The molecule has 0 fully saturated rings. The van der Waals surface area contributed by atoms with Gasteiger partial charge >= 0.3 is 0 Å². The van der Waals surface area contributed by atoms with Crippen LogP contribution in [0.3, 0.4) is 0 Å². The summed E-state index contributed by atoms with van der Waals surface area (Å²) >= 11 is 0. The van der Waals surface area contributed by atoms with Crippen molar-refractivity contribution in [2.45, 2.75) is 70.9 Å². The van der Waals surface area contributed by atoms with Crippen molar-refractivity contribution in [3.05, 3.63) is 37.2 Å². The molecular weight excluding hydrogens is 296 g/mol. The van der Waals surface area contributed by atoms with E-state index in [0.717, 1.165) is 76.0 Å². The summed E-state index contributed by atoms with van der Waals surface area (Å²) in [4.78, 5) is 0. The smallest absolute Gasteiger partial charge is 0.0438 e. The summed E-state index contributed by atoms with van der Waals surface area (Å²) < 4.78 is 0. The fourth-order valence-corrected chi connectivity index (χ4v) is 2.49. The van der Waals surface area contributed by atoms with Crippen molar-refractivity contribution in [3.63, 3.8) is 0 Å². The molecule has 2 unspecified atom stereocenters. The normalized spacial score (nSPS) is 13.1. The van der Waals surface area contributed by atoms with E-state index >= 15 is 0 Å². The van der Waals surface area contributed by atoms with Crippen LogP contribution in [0.4, 0.5) is 0 Å². The molecule has 4 heteroatoms. The van der Waals surface area contributed by atoms with E-state index in [2.05, 4.69) is 49.5 Å². The molecule has 0 spiro atoms. The SMILES string of the molecule is C=CCCC(=C)NCCCCC(N)C(=C)NC(CC)CCNCC. The molecule has 0 radical (unpaired) electrons. The first-order valence-electron chi connectivity index (χ1n) is 9.49. The average Bonchev–Trinajstić information content (AvgIpc) is 2.58. The number of allylic oxidation sites excluding steroid dienone is 2. The molecule has 0 aliphatic carbocycles. The Hall–Kier alpha value is -1.26. The molecule has 0 amide bonds. The summed E-state index contributed by atoms with van der Waals surface area (Å²) in [6.45, 7) is 19.2. The van der Waals surface area contributed by atoms with Crippen molar-refractivity contribution < 1.29 is 0 Å². The third kappa shape index (κ3) is 12.2. The molecule has 2 atom stereocenters. The zero-order valence-corrected chi connectivity index (χ0v) is 16.0. The second kappa shape index (κ2) is 15.3. The third-order valence-electron chi connectivity index (χ3n) is 4.22. The van der Waals surface area contributed by atoms with Gasteiger partial charge in [-0.1, -0.05) is 33.1 Å². The highest BCUT2D eigenvalue weighted by molar-refractivity contribution is 5.03. The molecule has 0 bridgehead atoms. The quantitative estimate of drug-likeness (QED) is 0.243. The Morgan fingerprint density at radius 3 is 2.50 bits per heavy atom. The predicted molar refractivity (Wildman–Crippen MR) is 108 cm³/mol. The number of rotatable bonds is 17. The van der Waals surface area contributed by atoms with Crippen LogP contribution in [0.25, 0.3) is 0 Å². The van der Waals surface area contributed by atoms with Gasteiger partial charge in [-0.05, 0) is 58.0 Å². The largest absolute Gasteiger partial charge is 0.389 e. The van der Waals surface area contributed by atoms with E-state index in [1.165, 1.54) is 0 Å². The van der Waals surface area contributed by atoms with Crippen molar-refractivity contribution in [1.29, 1.82) is 0 Å². The first-order chi connectivity index (χ1) is 11.5. The standard InChI is InChI=1S/C20H40N4/c1-6-9-12-17(4)23-15-11-10-13-20(21)18(5)24-19(7-2)14-16-22-8-3/h6,19-20,22-24H,1,4-5,7-16,21H2,2-3H3. The minimum absolute atomic E-state index is 0.0298. The molecule has 140 valence electrons. The predicted octanol–water partition coefficient (Wildman–Crippen LogP) is 3.44. The Morgan fingerprint density at radius 2 is 1.88 bits per heavy atom. The van der Waals surface area contributed by atoms with Gasteiger partial charge in [0.2, 0.25) is 0 Å². The Labute approximate surface area is 150 Å². The Bertz CT molecular complexity index is 352. The monoisotopic (exact) mass is 336 g/mol. The van der Waals surface area contributed by atoms with Crippen LogP contribution in [-0.4, -0.2) is 31.7 Å². The number of nitrogens with two attached hydrogens (primary N) is 1. The van der Waals surface area contributed by atoms with Crippen LogP contribution in [0.2, 0.25) is 0 Å². The zero-order valence-electron chi connectivity index (χ0n) is 16.0. The van der Waals surface area contributed by atoms with E-state index in [1.807, 2.05) is 6.08 Å². The Balaban J connectivity index is 3.81. The molecular formula is C20H40N4. The van der Waals surface area contributed by atoms with Gasteiger partial charge in [0.15, 0.2) is 0 Å².